The van der Waals surface area contributed by atoms with Crippen molar-refractivity contribution in [2.24, 2.45) is 0 Å². The van der Waals surface area contributed by atoms with Crippen LogP contribution in [0.5, 0.6) is 0 Å². The number of likely N-dealkylation sites (tertiary alicyclic amines) is 1. The quantitative estimate of drug-likeness (QED) is 0.869. The highest BCUT2D eigenvalue weighted by molar-refractivity contribution is 5.77. The molecule has 4 heteroatoms. The van der Waals surface area contributed by atoms with Crippen LogP contribution in [0.15, 0.2) is 24.3 Å². The van der Waals surface area contributed by atoms with E-state index in [0.29, 0.717) is 18.6 Å². The van der Waals surface area contributed by atoms with Crippen LogP contribution in [-0.4, -0.2) is 43.5 Å². The second kappa shape index (κ2) is 7.57. The SMILES string of the molecule is CNC(=O)CN1CCC(NC(C)c2cccc(C)c2)CC1. The van der Waals surface area contributed by atoms with Gasteiger partial charge < -0.3 is 10.6 Å². The number of aryl methyl sites for hydroxylation is 1. The lowest BCUT2D eigenvalue weighted by molar-refractivity contribution is -0.122. The maximum absolute atomic E-state index is 11.4. The number of benzene rings is 1. The Morgan fingerprint density at radius 3 is 2.71 bits per heavy atom. The van der Waals surface area contributed by atoms with E-state index < -0.39 is 0 Å². The van der Waals surface area contributed by atoms with Crippen LogP contribution in [0.3, 0.4) is 0 Å². The van der Waals surface area contributed by atoms with Gasteiger partial charge in [-0.3, -0.25) is 9.69 Å². The Morgan fingerprint density at radius 2 is 2.10 bits per heavy atom. The smallest absolute Gasteiger partial charge is 0.233 e. The van der Waals surface area contributed by atoms with Gasteiger partial charge in [-0.25, -0.2) is 0 Å². The monoisotopic (exact) mass is 289 g/mol. The Balaban J connectivity index is 1.79. The number of nitrogens with zero attached hydrogens (tertiary/aromatic N) is 1. The topological polar surface area (TPSA) is 44.4 Å². The van der Waals surface area contributed by atoms with Gasteiger partial charge in [0.2, 0.25) is 5.91 Å². The van der Waals surface area contributed by atoms with Crippen LogP contribution in [0.2, 0.25) is 0 Å². The molecule has 1 amide bonds. The first kappa shape index (κ1) is 16.0. The van der Waals surface area contributed by atoms with Gasteiger partial charge in [-0.05, 0) is 32.3 Å². The van der Waals surface area contributed by atoms with E-state index in [4.69, 9.17) is 0 Å². The Bertz CT molecular complexity index is 467. The number of amides is 1. The standard InChI is InChI=1S/C17H27N3O/c1-13-5-4-6-15(11-13)14(2)19-16-7-9-20(10-8-16)12-17(21)18-3/h4-6,11,14,16,19H,7-10,12H2,1-3H3,(H,18,21). The molecule has 1 unspecified atom stereocenters. The number of hydrogen-bond donors (Lipinski definition) is 2. The van der Waals surface area contributed by atoms with Gasteiger partial charge >= 0.3 is 0 Å². The van der Waals surface area contributed by atoms with E-state index in [-0.39, 0.29) is 5.91 Å². The van der Waals surface area contributed by atoms with Crippen LogP contribution < -0.4 is 10.6 Å². The van der Waals surface area contributed by atoms with Crippen molar-refractivity contribution < 1.29 is 4.79 Å². The van der Waals surface area contributed by atoms with Crippen LogP contribution in [-0.2, 0) is 4.79 Å². The highest BCUT2D eigenvalue weighted by atomic mass is 16.1. The Hall–Kier alpha value is -1.39. The molecule has 0 spiro atoms. The van der Waals surface area contributed by atoms with E-state index in [9.17, 15) is 4.79 Å². The number of carbonyl (C=O) groups excluding carboxylic acids is 1. The molecule has 1 aromatic rings. The summed E-state index contributed by atoms with van der Waals surface area (Å²) in [4.78, 5) is 13.6. The van der Waals surface area contributed by atoms with Crippen molar-refractivity contribution >= 4 is 5.91 Å². The third-order valence-corrected chi connectivity index (χ3v) is 4.26. The van der Waals surface area contributed by atoms with Crippen LogP contribution >= 0.6 is 0 Å². The largest absolute Gasteiger partial charge is 0.358 e. The molecule has 1 aliphatic rings. The molecule has 4 nitrogen and oxygen atoms in total. The van der Waals surface area contributed by atoms with E-state index in [1.54, 1.807) is 7.05 Å². The average molecular weight is 289 g/mol. The summed E-state index contributed by atoms with van der Waals surface area (Å²) in [7, 11) is 1.69. The predicted molar refractivity (Wildman–Crippen MR) is 86.3 cm³/mol. The zero-order valence-electron chi connectivity index (χ0n) is 13.4. The number of carbonyl (C=O) groups is 1. The molecule has 1 aromatic carbocycles. The van der Waals surface area contributed by atoms with Gasteiger partial charge in [-0.1, -0.05) is 29.8 Å². The molecule has 1 saturated heterocycles. The second-order valence-electron chi connectivity index (χ2n) is 6.03. The molecule has 1 atom stereocenters. The molecule has 116 valence electrons. The molecule has 0 radical (unpaired) electrons. The molecular weight excluding hydrogens is 262 g/mol. The summed E-state index contributed by atoms with van der Waals surface area (Å²) < 4.78 is 0. The first-order valence-corrected chi connectivity index (χ1v) is 7.84. The van der Waals surface area contributed by atoms with Gasteiger partial charge in [0.15, 0.2) is 0 Å². The number of nitrogens with one attached hydrogen (secondary N) is 2. The highest BCUT2D eigenvalue weighted by Gasteiger charge is 2.21. The van der Waals surface area contributed by atoms with Gasteiger partial charge in [0.25, 0.3) is 0 Å². The Morgan fingerprint density at radius 1 is 1.38 bits per heavy atom. The lowest BCUT2D eigenvalue weighted by atomic mass is 10.0. The fourth-order valence-corrected chi connectivity index (χ4v) is 2.93. The first-order valence-electron chi connectivity index (χ1n) is 7.84. The first-order chi connectivity index (χ1) is 10.1. The third kappa shape index (κ3) is 4.83. The summed E-state index contributed by atoms with van der Waals surface area (Å²) in [5.74, 6) is 0.106. The lowest BCUT2D eigenvalue weighted by Gasteiger charge is -2.33. The van der Waals surface area contributed by atoms with Gasteiger partial charge in [0, 0.05) is 32.2 Å². The molecule has 0 bridgehead atoms. The van der Waals surface area contributed by atoms with Crippen LogP contribution in [0, 0.1) is 6.92 Å². The van der Waals surface area contributed by atoms with Crippen molar-refractivity contribution in [3.05, 3.63) is 35.4 Å². The van der Waals surface area contributed by atoms with E-state index in [1.165, 1.54) is 11.1 Å². The third-order valence-electron chi connectivity index (χ3n) is 4.26. The van der Waals surface area contributed by atoms with E-state index in [0.717, 1.165) is 25.9 Å². The summed E-state index contributed by atoms with van der Waals surface area (Å²) in [6.45, 7) is 6.87. The summed E-state index contributed by atoms with van der Waals surface area (Å²) in [5.41, 5.74) is 2.66. The summed E-state index contributed by atoms with van der Waals surface area (Å²) in [6.07, 6.45) is 2.21. The molecule has 2 N–H and O–H groups in total. The van der Waals surface area contributed by atoms with Crippen molar-refractivity contribution in [3.8, 4) is 0 Å². The van der Waals surface area contributed by atoms with Gasteiger partial charge in [-0.15, -0.1) is 0 Å². The van der Waals surface area contributed by atoms with E-state index >= 15 is 0 Å². The normalized spacial score (nSPS) is 18.4. The number of rotatable bonds is 5. The minimum atomic E-state index is 0.106. The molecular formula is C17H27N3O. The predicted octanol–water partition coefficient (Wildman–Crippen LogP) is 1.86. The van der Waals surface area contributed by atoms with Gasteiger partial charge in [-0.2, -0.15) is 0 Å². The van der Waals surface area contributed by atoms with E-state index in [2.05, 4.69) is 53.6 Å². The van der Waals surface area contributed by atoms with E-state index in [1.807, 2.05) is 0 Å². The minimum Gasteiger partial charge on any atom is -0.358 e. The second-order valence-corrected chi connectivity index (χ2v) is 6.03. The molecule has 21 heavy (non-hydrogen) atoms. The van der Waals surface area contributed by atoms with Gasteiger partial charge in [0.1, 0.15) is 0 Å². The summed E-state index contributed by atoms with van der Waals surface area (Å²) in [5, 5.41) is 6.41. The molecule has 0 saturated carbocycles. The van der Waals surface area contributed by atoms with Crippen LogP contribution in [0.25, 0.3) is 0 Å². The minimum absolute atomic E-state index is 0.106. The molecule has 0 aromatic heterocycles. The zero-order chi connectivity index (χ0) is 15.2. The van der Waals surface area contributed by atoms with Crippen LogP contribution in [0.1, 0.15) is 36.9 Å². The highest BCUT2D eigenvalue weighted by Crippen LogP contribution is 2.18. The summed E-state index contributed by atoms with van der Waals surface area (Å²) >= 11 is 0. The maximum Gasteiger partial charge on any atom is 0.233 e. The fraction of sp³-hybridized carbons (Fsp3) is 0.588. The van der Waals surface area contributed by atoms with Crippen molar-refractivity contribution in [1.29, 1.82) is 0 Å². The number of hydrogen-bond acceptors (Lipinski definition) is 3. The summed E-state index contributed by atoms with van der Waals surface area (Å²) in [6, 6.07) is 9.60. The zero-order valence-corrected chi connectivity index (χ0v) is 13.4. The molecule has 0 aliphatic carbocycles. The maximum atomic E-state index is 11.4. The van der Waals surface area contributed by atoms with Crippen molar-refractivity contribution in [1.82, 2.24) is 15.5 Å². The van der Waals surface area contributed by atoms with Crippen molar-refractivity contribution in [2.45, 2.75) is 38.8 Å². The van der Waals surface area contributed by atoms with Crippen molar-refractivity contribution in [2.75, 3.05) is 26.7 Å². The Labute approximate surface area is 127 Å². The van der Waals surface area contributed by atoms with Crippen molar-refractivity contribution in [3.63, 3.8) is 0 Å². The average Bonchev–Trinajstić information content (AvgIpc) is 2.49. The molecule has 1 heterocycles. The lowest BCUT2D eigenvalue weighted by Crippen LogP contribution is -2.46. The van der Waals surface area contributed by atoms with Gasteiger partial charge in [0.05, 0.1) is 6.54 Å². The number of likely N-dealkylation sites (N-methyl/N-ethyl adjacent to an activating group) is 1. The molecule has 1 aliphatic heterocycles. The fourth-order valence-electron chi connectivity index (χ4n) is 2.93. The molecule has 2 rings (SSSR count). The van der Waals surface area contributed by atoms with Crippen LogP contribution in [0.4, 0.5) is 0 Å². The molecule has 1 fully saturated rings. The number of piperidine rings is 1. The Kier molecular flexibility index (Phi) is 5.76.